The number of esters is 1. The Bertz CT molecular complexity index is 194. The minimum Gasteiger partial charge on any atom is -0.465 e. The molecule has 0 bridgehead atoms. The van der Waals surface area contributed by atoms with Crippen LogP contribution in [0.2, 0.25) is 0 Å². The molecule has 0 aromatic heterocycles. The third kappa shape index (κ3) is 2.47. The molecule has 3 nitrogen and oxygen atoms in total. The van der Waals surface area contributed by atoms with Gasteiger partial charge < -0.3 is 4.74 Å². The lowest BCUT2D eigenvalue weighted by Gasteiger charge is -2.28. The molecule has 0 saturated carbocycles. The fourth-order valence-corrected chi connectivity index (χ4v) is 2.19. The molecule has 2 atom stereocenters. The molecule has 1 fully saturated rings. The van der Waals surface area contributed by atoms with Crippen LogP contribution >= 0.6 is 0 Å². The zero-order valence-electron chi connectivity index (χ0n) is 9.45. The van der Waals surface area contributed by atoms with Crippen molar-refractivity contribution in [2.45, 2.75) is 52.1 Å². The third-order valence-electron chi connectivity index (χ3n) is 2.95. The zero-order valence-corrected chi connectivity index (χ0v) is 9.45. The molecular weight excluding hydrogens is 178 g/mol. The molecule has 0 aliphatic carbocycles. The fourth-order valence-electron chi connectivity index (χ4n) is 2.19. The van der Waals surface area contributed by atoms with Crippen LogP contribution in [0.3, 0.4) is 0 Å². The maximum absolute atomic E-state index is 11.6. The van der Waals surface area contributed by atoms with Crippen molar-refractivity contribution < 1.29 is 9.53 Å². The normalized spacial score (nSPS) is 24.9. The van der Waals surface area contributed by atoms with E-state index in [1.54, 1.807) is 0 Å². The Balaban J connectivity index is 2.56. The van der Waals surface area contributed by atoms with Gasteiger partial charge in [0.1, 0.15) is 6.04 Å². The molecule has 0 aromatic carbocycles. The number of nitrogens with zero attached hydrogens (tertiary/aromatic N) is 1. The van der Waals surface area contributed by atoms with Crippen molar-refractivity contribution in [2.75, 3.05) is 13.2 Å². The molecule has 1 heterocycles. The number of carbonyl (C=O) groups excluding carboxylic acids is 1. The first-order valence-corrected chi connectivity index (χ1v) is 5.63. The Kier molecular flexibility index (Phi) is 4.39. The molecule has 0 aromatic rings. The highest BCUT2D eigenvalue weighted by Crippen LogP contribution is 2.21. The number of carbonyl (C=O) groups is 1. The number of hydrogen-bond donors (Lipinski definition) is 0. The molecular formula is C11H21NO2. The standard InChI is InChI=1S/C11H21NO2/c1-4-10(11(13)14-5-2)12-8-6-7-9(12)3/h9-10H,4-8H2,1-3H3. The van der Waals surface area contributed by atoms with Crippen LogP contribution in [0.4, 0.5) is 0 Å². The topological polar surface area (TPSA) is 29.5 Å². The average molecular weight is 199 g/mol. The summed E-state index contributed by atoms with van der Waals surface area (Å²) in [5.41, 5.74) is 0. The van der Waals surface area contributed by atoms with Gasteiger partial charge in [0.25, 0.3) is 0 Å². The van der Waals surface area contributed by atoms with Gasteiger partial charge in [0.15, 0.2) is 0 Å². The average Bonchev–Trinajstić information content (AvgIpc) is 2.54. The van der Waals surface area contributed by atoms with E-state index in [0.717, 1.165) is 13.0 Å². The molecule has 0 N–H and O–H groups in total. The summed E-state index contributed by atoms with van der Waals surface area (Å²) in [7, 11) is 0. The SMILES string of the molecule is CCOC(=O)C(CC)N1CCCC1C. The minimum atomic E-state index is -0.0521. The van der Waals surface area contributed by atoms with E-state index in [4.69, 9.17) is 4.74 Å². The summed E-state index contributed by atoms with van der Waals surface area (Å²) < 4.78 is 5.08. The fraction of sp³-hybridized carbons (Fsp3) is 0.909. The van der Waals surface area contributed by atoms with E-state index in [9.17, 15) is 4.79 Å². The van der Waals surface area contributed by atoms with Crippen LogP contribution in [0.1, 0.15) is 40.0 Å². The van der Waals surface area contributed by atoms with E-state index >= 15 is 0 Å². The number of likely N-dealkylation sites (tertiary alicyclic amines) is 1. The Morgan fingerprint density at radius 3 is 2.71 bits per heavy atom. The molecule has 1 saturated heterocycles. The summed E-state index contributed by atoms with van der Waals surface area (Å²) in [4.78, 5) is 13.9. The van der Waals surface area contributed by atoms with Crippen LogP contribution < -0.4 is 0 Å². The summed E-state index contributed by atoms with van der Waals surface area (Å²) in [6, 6.07) is 0.511. The molecule has 3 heteroatoms. The molecule has 1 aliphatic heterocycles. The predicted octanol–water partition coefficient (Wildman–Crippen LogP) is 1.81. The van der Waals surface area contributed by atoms with Gasteiger partial charge in [-0.1, -0.05) is 6.92 Å². The molecule has 2 unspecified atom stereocenters. The highest BCUT2D eigenvalue weighted by Gasteiger charge is 2.31. The monoisotopic (exact) mass is 199 g/mol. The first-order valence-electron chi connectivity index (χ1n) is 5.63. The Morgan fingerprint density at radius 1 is 1.57 bits per heavy atom. The Morgan fingerprint density at radius 2 is 2.29 bits per heavy atom. The highest BCUT2D eigenvalue weighted by molar-refractivity contribution is 5.75. The maximum Gasteiger partial charge on any atom is 0.323 e. The van der Waals surface area contributed by atoms with E-state index in [-0.39, 0.29) is 12.0 Å². The van der Waals surface area contributed by atoms with Crippen molar-refractivity contribution in [1.82, 2.24) is 4.90 Å². The van der Waals surface area contributed by atoms with Crippen LogP contribution in [-0.4, -0.2) is 36.1 Å². The van der Waals surface area contributed by atoms with Gasteiger partial charge in [-0.05, 0) is 39.7 Å². The largest absolute Gasteiger partial charge is 0.465 e. The smallest absolute Gasteiger partial charge is 0.323 e. The molecule has 0 radical (unpaired) electrons. The predicted molar refractivity (Wildman–Crippen MR) is 56.1 cm³/mol. The van der Waals surface area contributed by atoms with Gasteiger partial charge in [-0.25, -0.2) is 0 Å². The molecule has 14 heavy (non-hydrogen) atoms. The van der Waals surface area contributed by atoms with E-state index < -0.39 is 0 Å². The summed E-state index contributed by atoms with van der Waals surface area (Å²) in [5.74, 6) is -0.0521. The molecule has 0 amide bonds. The van der Waals surface area contributed by atoms with Gasteiger partial charge in [-0.15, -0.1) is 0 Å². The summed E-state index contributed by atoms with van der Waals surface area (Å²) >= 11 is 0. The highest BCUT2D eigenvalue weighted by atomic mass is 16.5. The summed E-state index contributed by atoms with van der Waals surface area (Å²) in [6.07, 6.45) is 3.26. The summed E-state index contributed by atoms with van der Waals surface area (Å²) in [6.45, 7) is 7.62. The van der Waals surface area contributed by atoms with Crippen molar-refractivity contribution in [1.29, 1.82) is 0 Å². The number of ether oxygens (including phenoxy) is 1. The van der Waals surface area contributed by atoms with Crippen LogP contribution in [0.25, 0.3) is 0 Å². The van der Waals surface area contributed by atoms with Crippen molar-refractivity contribution in [3.8, 4) is 0 Å². The van der Waals surface area contributed by atoms with E-state index in [2.05, 4.69) is 11.8 Å². The lowest BCUT2D eigenvalue weighted by molar-refractivity contribution is -0.150. The number of hydrogen-bond acceptors (Lipinski definition) is 3. The minimum absolute atomic E-state index is 0.0209. The van der Waals surface area contributed by atoms with Gasteiger partial charge in [0, 0.05) is 6.04 Å². The Hall–Kier alpha value is -0.570. The second kappa shape index (κ2) is 5.35. The molecule has 1 aliphatic rings. The van der Waals surface area contributed by atoms with Crippen LogP contribution in [-0.2, 0) is 9.53 Å². The molecule has 1 rings (SSSR count). The van der Waals surface area contributed by atoms with Crippen molar-refractivity contribution in [3.05, 3.63) is 0 Å². The zero-order chi connectivity index (χ0) is 10.6. The van der Waals surface area contributed by atoms with Crippen molar-refractivity contribution in [2.24, 2.45) is 0 Å². The second-order valence-electron chi connectivity index (χ2n) is 3.91. The second-order valence-corrected chi connectivity index (χ2v) is 3.91. The van der Waals surface area contributed by atoms with Crippen LogP contribution in [0, 0.1) is 0 Å². The maximum atomic E-state index is 11.6. The van der Waals surface area contributed by atoms with Gasteiger partial charge in [0.05, 0.1) is 6.61 Å². The van der Waals surface area contributed by atoms with Crippen LogP contribution in [0.15, 0.2) is 0 Å². The van der Waals surface area contributed by atoms with E-state index in [1.165, 1.54) is 12.8 Å². The third-order valence-corrected chi connectivity index (χ3v) is 2.95. The number of rotatable bonds is 4. The first kappa shape index (κ1) is 11.5. The molecule has 0 spiro atoms. The van der Waals surface area contributed by atoms with Crippen molar-refractivity contribution >= 4 is 5.97 Å². The van der Waals surface area contributed by atoms with Gasteiger partial charge >= 0.3 is 5.97 Å². The lowest BCUT2D eigenvalue weighted by Crippen LogP contribution is -2.43. The van der Waals surface area contributed by atoms with Gasteiger partial charge in [-0.3, -0.25) is 9.69 Å². The van der Waals surface area contributed by atoms with E-state index in [0.29, 0.717) is 12.6 Å². The Labute approximate surface area is 86.4 Å². The first-order chi connectivity index (χ1) is 6.70. The lowest BCUT2D eigenvalue weighted by atomic mass is 10.1. The van der Waals surface area contributed by atoms with Crippen LogP contribution in [0.5, 0.6) is 0 Å². The van der Waals surface area contributed by atoms with Gasteiger partial charge in [-0.2, -0.15) is 0 Å². The molecule has 82 valence electrons. The van der Waals surface area contributed by atoms with Gasteiger partial charge in [0.2, 0.25) is 0 Å². The van der Waals surface area contributed by atoms with Crippen molar-refractivity contribution in [3.63, 3.8) is 0 Å². The van der Waals surface area contributed by atoms with E-state index in [1.807, 2.05) is 13.8 Å². The quantitative estimate of drug-likeness (QED) is 0.647. The summed E-state index contributed by atoms with van der Waals surface area (Å²) in [5, 5.41) is 0.